The van der Waals surface area contributed by atoms with E-state index in [1.165, 1.54) is 6.92 Å². The summed E-state index contributed by atoms with van der Waals surface area (Å²) in [6, 6.07) is 13.2. The fourth-order valence-electron chi connectivity index (χ4n) is 2.15. The second kappa shape index (κ2) is 5.02. The molecule has 4 heteroatoms. The standard InChI is InChI=1S/C16H12ClNO2/c1-11(19)20-16-9-13(10-18-8-2-3-15(16)18)12-4-6-14(17)7-5-12/h2-10H,1H3. The van der Waals surface area contributed by atoms with E-state index < -0.39 is 0 Å². The van der Waals surface area contributed by atoms with Gasteiger partial charge < -0.3 is 9.14 Å². The lowest BCUT2D eigenvalue weighted by Gasteiger charge is -2.09. The monoisotopic (exact) mass is 285 g/mol. The van der Waals surface area contributed by atoms with E-state index in [2.05, 4.69) is 0 Å². The number of hydrogen-bond donors (Lipinski definition) is 0. The van der Waals surface area contributed by atoms with Crippen LogP contribution in [0, 0.1) is 0 Å². The number of carbonyl (C=O) groups is 1. The fourth-order valence-corrected chi connectivity index (χ4v) is 2.28. The highest BCUT2D eigenvalue weighted by Crippen LogP contribution is 2.29. The van der Waals surface area contributed by atoms with Crippen molar-refractivity contribution in [2.45, 2.75) is 6.92 Å². The number of benzene rings is 1. The van der Waals surface area contributed by atoms with E-state index in [-0.39, 0.29) is 5.97 Å². The van der Waals surface area contributed by atoms with Gasteiger partial charge in [-0.3, -0.25) is 4.79 Å². The minimum absolute atomic E-state index is 0.332. The van der Waals surface area contributed by atoms with Crippen molar-refractivity contribution in [2.75, 3.05) is 0 Å². The highest BCUT2D eigenvalue weighted by atomic mass is 35.5. The van der Waals surface area contributed by atoms with Crippen LogP contribution < -0.4 is 4.74 Å². The zero-order chi connectivity index (χ0) is 14.1. The molecule has 3 nitrogen and oxygen atoms in total. The van der Waals surface area contributed by atoms with Gasteiger partial charge in [0, 0.05) is 29.9 Å². The van der Waals surface area contributed by atoms with E-state index in [9.17, 15) is 4.79 Å². The molecule has 0 fully saturated rings. The highest BCUT2D eigenvalue weighted by Gasteiger charge is 2.09. The van der Waals surface area contributed by atoms with E-state index in [0.29, 0.717) is 10.8 Å². The summed E-state index contributed by atoms with van der Waals surface area (Å²) < 4.78 is 7.22. The molecule has 1 aromatic carbocycles. The van der Waals surface area contributed by atoms with Crippen LogP contribution in [-0.2, 0) is 4.79 Å². The predicted molar refractivity (Wildman–Crippen MR) is 79.2 cm³/mol. The molecule has 0 radical (unpaired) electrons. The molecule has 20 heavy (non-hydrogen) atoms. The molecule has 0 atom stereocenters. The molecule has 0 saturated heterocycles. The Kier molecular flexibility index (Phi) is 3.20. The van der Waals surface area contributed by atoms with Crippen LogP contribution in [0.5, 0.6) is 5.75 Å². The molecule has 0 spiro atoms. The molecule has 100 valence electrons. The average Bonchev–Trinajstić information content (AvgIpc) is 2.87. The molecule has 0 aliphatic heterocycles. The number of rotatable bonds is 2. The quantitative estimate of drug-likeness (QED) is 0.661. The summed E-state index contributed by atoms with van der Waals surface area (Å²) in [5.74, 6) is 0.219. The van der Waals surface area contributed by atoms with E-state index >= 15 is 0 Å². The van der Waals surface area contributed by atoms with Crippen LogP contribution in [0.2, 0.25) is 5.02 Å². The molecular weight excluding hydrogens is 274 g/mol. The first kappa shape index (κ1) is 12.8. The summed E-state index contributed by atoms with van der Waals surface area (Å²) in [6.45, 7) is 1.40. The number of carbonyl (C=O) groups excluding carboxylic acids is 1. The zero-order valence-corrected chi connectivity index (χ0v) is 11.6. The Hall–Kier alpha value is -2.26. The van der Waals surface area contributed by atoms with Crippen LogP contribution in [0.3, 0.4) is 0 Å². The van der Waals surface area contributed by atoms with Gasteiger partial charge in [0.2, 0.25) is 0 Å². The van der Waals surface area contributed by atoms with Crippen LogP contribution >= 0.6 is 11.6 Å². The van der Waals surface area contributed by atoms with Gasteiger partial charge in [0.25, 0.3) is 0 Å². The van der Waals surface area contributed by atoms with Crippen LogP contribution in [0.15, 0.2) is 54.9 Å². The number of esters is 1. The largest absolute Gasteiger partial charge is 0.424 e. The maximum atomic E-state index is 11.2. The maximum absolute atomic E-state index is 11.2. The van der Waals surface area contributed by atoms with Gasteiger partial charge in [-0.05, 0) is 35.9 Å². The topological polar surface area (TPSA) is 30.7 Å². The number of pyridine rings is 1. The number of hydrogen-bond acceptors (Lipinski definition) is 2. The molecule has 2 aromatic heterocycles. The number of ether oxygens (including phenoxy) is 1. The van der Waals surface area contributed by atoms with Crippen molar-refractivity contribution >= 4 is 23.1 Å². The van der Waals surface area contributed by atoms with Gasteiger partial charge >= 0.3 is 5.97 Å². The number of nitrogens with zero attached hydrogens (tertiary/aromatic N) is 1. The molecule has 0 aliphatic carbocycles. The summed E-state index contributed by atoms with van der Waals surface area (Å²) in [4.78, 5) is 11.2. The minimum atomic E-state index is -0.332. The molecule has 0 N–H and O–H groups in total. The SMILES string of the molecule is CC(=O)Oc1cc(-c2ccc(Cl)cc2)cn2cccc12. The lowest BCUT2D eigenvalue weighted by molar-refractivity contribution is -0.131. The summed E-state index contributed by atoms with van der Waals surface area (Å²) in [6.07, 6.45) is 3.91. The molecule has 3 aromatic rings. The molecule has 3 rings (SSSR count). The van der Waals surface area contributed by atoms with Crippen LogP contribution in [-0.4, -0.2) is 10.4 Å². The summed E-state index contributed by atoms with van der Waals surface area (Å²) in [5.41, 5.74) is 2.83. The Balaban J connectivity index is 2.16. The normalized spacial score (nSPS) is 10.7. The fraction of sp³-hybridized carbons (Fsp3) is 0.0625. The van der Waals surface area contributed by atoms with Crippen molar-refractivity contribution in [1.29, 1.82) is 0 Å². The molecular formula is C16H12ClNO2. The van der Waals surface area contributed by atoms with E-state index in [1.807, 2.05) is 59.3 Å². The molecule has 2 heterocycles. The number of halogens is 1. The molecule has 0 amide bonds. The number of aromatic nitrogens is 1. The van der Waals surface area contributed by atoms with E-state index in [1.54, 1.807) is 0 Å². The van der Waals surface area contributed by atoms with Gasteiger partial charge in [-0.25, -0.2) is 0 Å². The lowest BCUT2D eigenvalue weighted by Crippen LogP contribution is -2.03. The third kappa shape index (κ3) is 2.40. The third-order valence-electron chi connectivity index (χ3n) is 3.03. The summed E-state index contributed by atoms with van der Waals surface area (Å²) in [7, 11) is 0. The first-order chi connectivity index (χ1) is 9.63. The minimum Gasteiger partial charge on any atom is -0.424 e. The molecule has 0 unspecified atom stereocenters. The van der Waals surface area contributed by atoms with Gasteiger partial charge in [0.1, 0.15) is 0 Å². The van der Waals surface area contributed by atoms with Gasteiger partial charge in [-0.15, -0.1) is 0 Å². The van der Waals surface area contributed by atoms with Crippen molar-refractivity contribution in [3.05, 3.63) is 59.9 Å². The Morgan fingerprint density at radius 1 is 1.15 bits per heavy atom. The highest BCUT2D eigenvalue weighted by molar-refractivity contribution is 6.30. The van der Waals surface area contributed by atoms with Crippen molar-refractivity contribution in [3.8, 4) is 16.9 Å². The first-order valence-electron chi connectivity index (χ1n) is 6.18. The van der Waals surface area contributed by atoms with Crippen molar-refractivity contribution < 1.29 is 9.53 Å². The van der Waals surface area contributed by atoms with Gasteiger partial charge in [-0.1, -0.05) is 23.7 Å². The molecule has 0 saturated carbocycles. The Bertz CT molecular complexity index is 775. The average molecular weight is 286 g/mol. The van der Waals surface area contributed by atoms with E-state index in [4.69, 9.17) is 16.3 Å². The van der Waals surface area contributed by atoms with Crippen LogP contribution in [0.25, 0.3) is 16.6 Å². The van der Waals surface area contributed by atoms with Crippen molar-refractivity contribution in [2.24, 2.45) is 0 Å². The smallest absolute Gasteiger partial charge is 0.308 e. The Morgan fingerprint density at radius 3 is 2.60 bits per heavy atom. The van der Waals surface area contributed by atoms with Crippen LogP contribution in [0.4, 0.5) is 0 Å². The van der Waals surface area contributed by atoms with Crippen molar-refractivity contribution in [3.63, 3.8) is 0 Å². The van der Waals surface area contributed by atoms with Gasteiger partial charge in [0.15, 0.2) is 5.75 Å². The first-order valence-corrected chi connectivity index (χ1v) is 6.56. The van der Waals surface area contributed by atoms with Crippen LogP contribution in [0.1, 0.15) is 6.92 Å². The second-order valence-corrected chi connectivity index (χ2v) is 4.93. The van der Waals surface area contributed by atoms with Gasteiger partial charge in [0.05, 0.1) is 5.52 Å². The van der Waals surface area contributed by atoms with Crippen molar-refractivity contribution in [1.82, 2.24) is 4.40 Å². The Labute approximate surface area is 121 Å². The van der Waals surface area contributed by atoms with Gasteiger partial charge in [-0.2, -0.15) is 0 Å². The lowest BCUT2D eigenvalue weighted by atomic mass is 10.1. The molecule has 0 aliphatic rings. The molecule has 0 bridgehead atoms. The summed E-state index contributed by atoms with van der Waals surface area (Å²) in [5, 5.41) is 0.691. The zero-order valence-electron chi connectivity index (χ0n) is 10.8. The third-order valence-corrected chi connectivity index (χ3v) is 3.28. The second-order valence-electron chi connectivity index (χ2n) is 4.49. The maximum Gasteiger partial charge on any atom is 0.308 e. The number of fused-ring (bicyclic) bond motifs is 1. The Morgan fingerprint density at radius 2 is 1.90 bits per heavy atom. The summed E-state index contributed by atoms with van der Waals surface area (Å²) >= 11 is 5.90. The predicted octanol–water partition coefficient (Wildman–Crippen LogP) is 4.19. The van der Waals surface area contributed by atoms with E-state index in [0.717, 1.165) is 16.6 Å².